The molecule has 8 atom stereocenters. The van der Waals surface area contributed by atoms with Gasteiger partial charge in [-0.2, -0.15) is 5.06 Å². The second-order valence-electron chi connectivity index (χ2n) is 11.2. The van der Waals surface area contributed by atoms with Crippen LogP contribution in [-0.4, -0.2) is 90.2 Å². The number of esters is 3. The summed E-state index contributed by atoms with van der Waals surface area (Å²) in [5, 5.41) is 1.75. The molecular weight excluding hydrogens is 462 g/mol. The number of carbonyl (C=O) groups is 3. The van der Waals surface area contributed by atoms with Crippen molar-refractivity contribution in [2.24, 2.45) is 5.92 Å². The molecule has 3 saturated heterocycles. The summed E-state index contributed by atoms with van der Waals surface area (Å²) in [4.78, 5) is 41.8. The molecule has 0 spiro atoms. The van der Waals surface area contributed by atoms with Crippen LogP contribution in [0.2, 0.25) is 0 Å². The van der Waals surface area contributed by atoms with E-state index in [4.69, 9.17) is 33.3 Å². The smallest absolute Gasteiger partial charge is 0.303 e. The highest BCUT2D eigenvalue weighted by Gasteiger charge is 2.65. The SMILES string of the molecule is CC(=O)OC[C@H]1O[C@@H]2ON3C[C@@H](OC(C)(C)C)[C@H](OC(C)(C)C)[C@H]3[C@@H]2[C@@H](OC(C)=O)[C@H]1OC(C)=O. The third-order valence-corrected chi connectivity index (χ3v) is 5.77. The highest BCUT2D eigenvalue weighted by atomic mass is 16.8. The molecule has 0 saturated carbocycles. The molecule has 0 aromatic rings. The zero-order valence-corrected chi connectivity index (χ0v) is 22.1. The van der Waals surface area contributed by atoms with Crippen LogP contribution in [0, 0.1) is 5.92 Å². The van der Waals surface area contributed by atoms with Gasteiger partial charge in [-0.3, -0.25) is 19.2 Å². The van der Waals surface area contributed by atoms with E-state index in [1.807, 2.05) is 41.5 Å². The normalized spacial score (nSPS) is 35.2. The first-order chi connectivity index (χ1) is 16.1. The summed E-state index contributed by atoms with van der Waals surface area (Å²) in [7, 11) is 0. The minimum atomic E-state index is -1.02. The maximum Gasteiger partial charge on any atom is 0.303 e. The number of hydroxylamine groups is 2. The van der Waals surface area contributed by atoms with Gasteiger partial charge in [0.2, 0.25) is 0 Å². The van der Waals surface area contributed by atoms with E-state index in [2.05, 4.69) is 0 Å². The van der Waals surface area contributed by atoms with E-state index in [1.165, 1.54) is 20.8 Å². The predicted molar refractivity (Wildman–Crippen MR) is 121 cm³/mol. The fourth-order valence-electron chi connectivity index (χ4n) is 4.94. The fourth-order valence-corrected chi connectivity index (χ4v) is 4.94. The molecule has 3 fully saturated rings. The number of nitrogens with zero attached hydrogens (tertiary/aromatic N) is 1. The Morgan fingerprint density at radius 1 is 0.829 bits per heavy atom. The Balaban J connectivity index is 1.99. The molecule has 0 aromatic carbocycles. The Labute approximate surface area is 206 Å². The maximum atomic E-state index is 12.2. The molecular formula is C24H39NO10. The zero-order valence-electron chi connectivity index (χ0n) is 22.1. The van der Waals surface area contributed by atoms with Crippen molar-refractivity contribution < 1.29 is 47.6 Å². The number of hydrogen-bond donors (Lipinski definition) is 0. The van der Waals surface area contributed by atoms with Gasteiger partial charge < -0.3 is 28.4 Å². The molecule has 0 aromatic heterocycles. The number of rotatable bonds is 6. The minimum absolute atomic E-state index is 0.194. The second-order valence-corrected chi connectivity index (χ2v) is 11.2. The number of ether oxygens (including phenoxy) is 6. The molecule has 0 amide bonds. The van der Waals surface area contributed by atoms with Crippen LogP contribution in [0.15, 0.2) is 0 Å². The Hall–Kier alpha value is -1.79. The van der Waals surface area contributed by atoms with E-state index in [1.54, 1.807) is 5.06 Å². The monoisotopic (exact) mass is 501 g/mol. The summed E-state index contributed by atoms with van der Waals surface area (Å²) in [6.45, 7) is 15.8. The Morgan fingerprint density at radius 2 is 1.40 bits per heavy atom. The zero-order chi connectivity index (χ0) is 26.3. The number of hydrogen-bond acceptors (Lipinski definition) is 11. The molecule has 3 aliphatic heterocycles. The van der Waals surface area contributed by atoms with Gasteiger partial charge in [0, 0.05) is 20.8 Å². The van der Waals surface area contributed by atoms with Crippen molar-refractivity contribution in [3.8, 4) is 0 Å². The lowest BCUT2D eigenvalue weighted by Gasteiger charge is -2.44. The van der Waals surface area contributed by atoms with Crippen LogP contribution in [0.1, 0.15) is 62.3 Å². The van der Waals surface area contributed by atoms with Crippen LogP contribution < -0.4 is 0 Å². The molecule has 11 heteroatoms. The highest BCUT2D eigenvalue weighted by molar-refractivity contribution is 5.68. The summed E-state index contributed by atoms with van der Waals surface area (Å²) in [5.41, 5.74) is -0.936. The molecule has 0 radical (unpaired) electrons. The Kier molecular flexibility index (Phi) is 8.17. The van der Waals surface area contributed by atoms with E-state index < -0.39 is 71.8 Å². The molecule has 3 rings (SSSR count). The first-order valence-corrected chi connectivity index (χ1v) is 12.0. The molecule has 3 aliphatic rings. The summed E-state index contributed by atoms with van der Waals surface area (Å²) in [5.74, 6) is -2.21. The van der Waals surface area contributed by atoms with Crippen LogP contribution in [0.4, 0.5) is 0 Å². The molecule has 11 nitrogen and oxygen atoms in total. The van der Waals surface area contributed by atoms with Gasteiger partial charge in [-0.15, -0.1) is 0 Å². The first-order valence-electron chi connectivity index (χ1n) is 12.0. The van der Waals surface area contributed by atoms with Gasteiger partial charge in [0.25, 0.3) is 0 Å². The molecule has 200 valence electrons. The van der Waals surface area contributed by atoms with Gasteiger partial charge in [-0.25, -0.2) is 0 Å². The fraction of sp³-hybridized carbons (Fsp3) is 0.875. The standard InChI is InChI=1S/C24H39NO10/c1-12(26)29-11-16-20(30-13(2)27)21(31-14(3)28)17-18-19(34-24(7,8)9)15(33-23(4,5)6)10-25(18)35-22(17)32-16/h15-22H,10-11H2,1-9H3/t15-,16-,17-,18-,19+,20+,21-,22-/m1/s1. The summed E-state index contributed by atoms with van der Waals surface area (Å²) >= 11 is 0. The average Bonchev–Trinajstić information content (AvgIpc) is 3.15. The predicted octanol–water partition coefficient (Wildman–Crippen LogP) is 1.75. The van der Waals surface area contributed by atoms with Crippen molar-refractivity contribution in [3.05, 3.63) is 0 Å². The summed E-state index contributed by atoms with van der Waals surface area (Å²) < 4.78 is 35.4. The lowest BCUT2D eigenvalue weighted by Crippen LogP contribution is -2.61. The lowest BCUT2D eigenvalue weighted by molar-refractivity contribution is -0.304. The van der Waals surface area contributed by atoms with Crippen LogP contribution in [0.5, 0.6) is 0 Å². The van der Waals surface area contributed by atoms with Crippen molar-refractivity contribution in [2.75, 3.05) is 13.2 Å². The summed E-state index contributed by atoms with van der Waals surface area (Å²) in [6.07, 6.45) is -4.45. The molecule has 3 heterocycles. The van der Waals surface area contributed by atoms with Crippen molar-refractivity contribution in [1.29, 1.82) is 0 Å². The van der Waals surface area contributed by atoms with Crippen molar-refractivity contribution in [1.82, 2.24) is 5.06 Å². The lowest BCUT2D eigenvalue weighted by atomic mass is 9.83. The first kappa shape index (κ1) is 27.8. The summed E-state index contributed by atoms with van der Waals surface area (Å²) in [6, 6.07) is -0.413. The van der Waals surface area contributed by atoms with E-state index in [0.717, 1.165) is 0 Å². The van der Waals surface area contributed by atoms with E-state index >= 15 is 0 Å². The van der Waals surface area contributed by atoms with E-state index in [-0.39, 0.29) is 12.7 Å². The van der Waals surface area contributed by atoms with Crippen LogP contribution in [-0.2, 0) is 47.6 Å². The molecule has 0 unspecified atom stereocenters. The van der Waals surface area contributed by atoms with E-state index in [9.17, 15) is 14.4 Å². The van der Waals surface area contributed by atoms with Gasteiger partial charge in [0.1, 0.15) is 24.9 Å². The van der Waals surface area contributed by atoms with Crippen molar-refractivity contribution >= 4 is 17.9 Å². The van der Waals surface area contributed by atoms with Gasteiger partial charge in [0.05, 0.1) is 29.7 Å². The third kappa shape index (κ3) is 6.91. The van der Waals surface area contributed by atoms with Crippen LogP contribution in [0.3, 0.4) is 0 Å². The molecule has 0 N–H and O–H groups in total. The molecule has 35 heavy (non-hydrogen) atoms. The number of fused-ring (bicyclic) bond motifs is 3. The van der Waals surface area contributed by atoms with Gasteiger partial charge in [-0.05, 0) is 41.5 Å². The van der Waals surface area contributed by atoms with Gasteiger partial charge >= 0.3 is 17.9 Å². The van der Waals surface area contributed by atoms with Gasteiger partial charge in [0.15, 0.2) is 18.5 Å². The second kappa shape index (κ2) is 10.3. The number of carbonyl (C=O) groups excluding carboxylic acids is 3. The maximum absolute atomic E-state index is 12.2. The Morgan fingerprint density at radius 3 is 1.91 bits per heavy atom. The Bertz CT molecular complexity index is 803. The topological polar surface area (TPSA) is 119 Å². The molecule has 0 aliphatic carbocycles. The average molecular weight is 502 g/mol. The quantitative estimate of drug-likeness (QED) is 0.391. The van der Waals surface area contributed by atoms with Crippen LogP contribution >= 0.6 is 0 Å². The molecule has 0 bridgehead atoms. The third-order valence-electron chi connectivity index (χ3n) is 5.77. The van der Waals surface area contributed by atoms with Crippen molar-refractivity contribution in [2.45, 2.75) is 116 Å². The minimum Gasteiger partial charge on any atom is -0.463 e. The van der Waals surface area contributed by atoms with Gasteiger partial charge in [-0.1, -0.05) is 0 Å². The van der Waals surface area contributed by atoms with Crippen molar-refractivity contribution in [3.63, 3.8) is 0 Å². The van der Waals surface area contributed by atoms with E-state index in [0.29, 0.717) is 6.54 Å². The highest BCUT2D eigenvalue weighted by Crippen LogP contribution is 2.47. The largest absolute Gasteiger partial charge is 0.463 e. The van der Waals surface area contributed by atoms with Crippen LogP contribution in [0.25, 0.3) is 0 Å².